The minimum atomic E-state index is -3.61. The third-order valence-corrected chi connectivity index (χ3v) is 6.20. The lowest BCUT2D eigenvalue weighted by Gasteiger charge is -2.05. The number of nitrogens with two attached hydrogens (primary N) is 1. The van der Waals surface area contributed by atoms with E-state index in [9.17, 15) is 8.42 Å². The Bertz CT molecular complexity index is 500. The number of methoxy groups -OCH3 is 1. The highest BCUT2D eigenvalue weighted by molar-refractivity contribution is 8.01. The Labute approximate surface area is 127 Å². The average Bonchev–Trinajstić information content (AvgIpc) is 2.74. The molecule has 0 aromatic carbocycles. The first kappa shape index (κ1) is 17.9. The Kier molecular flexibility index (Phi) is 8.03. The van der Waals surface area contributed by atoms with Crippen molar-refractivity contribution in [2.24, 2.45) is 5.14 Å². The second-order valence-electron chi connectivity index (χ2n) is 3.86. The average molecular weight is 341 g/mol. The van der Waals surface area contributed by atoms with Gasteiger partial charge in [-0.2, -0.15) is 0 Å². The summed E-state index contributed by atoms with van der Waals surface area (Å²) in [5.41, 5.74) is 0.917. The second kappa shape index (κ2) is 8.98. The molecular weight excluding hydrogens is 322 g/mol. The molecule has 6 nitrogen and oxygen atoms in total. The first-order valence-corrected chi connectivity index (χ1v) is 9.20. The first-order chi connectivity index (χ1) is 9.45. The van der Waals surface area contributed by atoms with Crippen LogP contribution in [0, 0.1) is 6.92 Å². The van der Waals surface area contributed by atoms with Gasteiger partial charge in [-0.3, -0.25) is 0 Å². The van der Waals surface area contributed by atoms with Gasteiger partial charge < -0.3 is 14.2 Å². The SMILES string of the molecule is COCCOCOCCSc1sc(S(N)(=O)=O)cc1C. The number of hydrogen-bond donors (Lipinski definition) is 1. The Morgan fingerprint density at radius 2 is 2.00 bits per heavy atom. The van der Waals surface area contributed by atoms with Crippen molar-refractivity contribution in [3.63, 3.8) is 0 Å². The second-order valence-corrected chi connectivity index (χ2v) is 8.06. The molecule has 116 valence electrons. The Hall–Kier alpha value is -0.160. The van der Waals surface area contributed by atoms with Crippen molar-refractivity contribution in [1.29, 1.82) is 0 Å². The summed E-state index contributed by atoms with van der Waals surface area (Å²) in [6, 6.07) is 1.59. The zero-order valence-corrected chi connectivity index (χ0v) is 13.9. The van der Waals surface area contributed by atoms with Gasteiger partial charge in [-0.15, -0.1) is 23.1 Å². The lowest BCUT2D eigenvalue weighted by Crippen LogP contribution is -2.09. The smallest absolute Gasteiger partial charge is 0.247 e. The van der Waals surface area contributed by atoms with E-state index in [2.05, 4.69) is 0 Å². The molecule has 1 rings (SSSR count). The molecule has 0 radical (unpaired) electrons. The summed E-state index contributed by atoms with van der Waals surface area (Å²) in [6.07, 6.45) is 0. The maximum absolute atomic E-state index is 11.2. The fourth-order valence-corrected chi connectivity index (χ4v) is 4.51. The van der Waals surface area contributed by atoms with Crippen molar-refractivity contribution in [2.45, 2.75) is 15.3 Å². The number of primary sulfonamides is 1. The molecule has 0 aliphatic heterocycles. The quantitative estimate of drug-likeness (QED) is 0.393. The first-order valence-electron chi connectivity index (χ1n) is 5.85. The van der Waals surface area contributed by atoms with Crippen LogP contribution in [0.3, 0.4) is 0 Å². The van der Waals surface area contributed by atoms with Crippen LogP contribution < -0.4 is 5.14 Å². The number of rotatable bonds is 10. The van der Waals surface area contributed by atoms with Crippen molar-refractivity contribution in [2.75, 3.05) is 39.5 Å². The van der Waals surface area contributed by atoms with Gasteiger partial charge in [0.25, 0.3) is 0 Å². The molecular formula is C11H19NO5S3. The molecule has 0 bridgehead atoms. The lowest BCUT2D eigenvalue weighted by atomic mass is 10.4. The standard InChI is InChI=1S/C11H19NO5S3/c1-9-7-10(20(12,13)14)19-11(9)18-6-5-17-8-16-4-3-15-2/h7H,3-6,8H2,1-2H3,(H2,12,13,14). The van der Waals surface area contributed by atoms with Gasteiger partial charge in [0.2, 0.25) is 10.0 Å². The van der Waals surface area contributed by atoms with Gasteiger partial charge in [-0.05, 0) is 18.6 Å². The van der Waals surface area contributed by atoms with E-state index in [0.717, 1.165) is 15.5 Å². The fourth-order valence-electron chi connectivity index (χ4n) is 1.23. The summed E-state index contributed by atoms with van der Waals surface area (Å²) >= 11 is 2.73. The van der Waals surface area contributed by atoms with Crippen LogP contribution >= 0.6 is 23.1 Å². The molecule has 1 aromatic rings. The molecule has 0 saturated carbocycles. The van der Waals surface area contributed by atoms with Crippen LogP contribution in [0.25, 0.3) is 0 Å². The highest BCUT2D eigenvalue weighted by Crippen LogP contribution is 2.33. The summed E-state index contributed by atoms with van der Waals surface area (Å²) in [4.78, 5) is 0. The van der Waals surface area contributed by atoms with E-state index in [4.69, 9.17) is 19.3 Å². The van der Waals surface area contributed by atoms with Gasteiger partial charge in [0.05, 0.1) is 24.0 Å². The minimum absolute atomic E-state index is 0.196. The Morgan fingerprint density at radius 3 is 2.60 bits per heavy atom. The zero-order chi connectivity index (χ0) is 15.0. The number of sulfonamides is 1. The number of thioether (sulfide) groups is 1. The van der Waals surface area contributed by atoms with Crippen molar-refractivity contribution in [1.82, 2.24) is 0 Å². The number of ether oxygens (including phenoxy) is 3. The van der Waals surface area contributed by atoms with Crippen LogP contribution in [-0.2, 0) is 24.2 Å². The van der Waals surface area contributed by atoms with Gasteiger partial charge in [0.15, 0.2) is 0 Å². The summed E-state index contributed by atoms with van der Waals surface area (Å²) in [7, 11) is -2.00. The predicted octanol–water partition coefficient (Wildman–Crippen LogP) is 1.43. The monoisotopic (exact) mass is 341 g/mol. The van der Waals surface area contributed by atoms with Gasteiger partial charge in [0, 0.05) is 12.9 Å². The molecule has 1 aromatic heterocycles. The molecule has 0 unspecified atom stereocenters. The van der Waals surface area contributed by atoms with Crippen molar-refractivity contribution in [3.8, 4) is 0 Å². The molecule has 0 saturated heterocycles. The maximum atomic E-state index is 11.2. The Balaban J connectivity index is 2.24. The third-order valence-electron chi connectivity index (χ3n) is 2.19. The Morgan fingerprint density at radius 1 is 1.30 bits per heavy atom. The summed E-state index contributed by atoms with van der Waals surface area (Å²) in [5.74, 6) is 0.721. The molecule has 0 spiro atoms. The van der Waals surface area contributed by atoms with Gasteiger partial charge >= 0.3 is 0 Å². The van der Waals surface area contributed by atoms with Crippen LogP contribution in [0.5, 0.6) is 0 Å². The van der Waals surface area contributed by atoms with Crippen LogP contribution in [0.4, 0.5) is 0 Å². The largest absolute Gasteiger partial charge is 0.382 e. The molecule has 20 heavy (non-hydrogen) atoms. The molecule has 1 heterocycles. The topological polar surface area (TPSA) is 87.8 Å². The van der Waals surface area contributed by atoms with Gasteiger partial charge in [0.1, 0.15) is 11.0 Å². The number of hydrogen-bond acceptors (Lipinski definition) is 7. The maximum Gasteiger partial charge on any atom is 0.247 e. The van der Waals surface area contributed by atoms with Crippen LogP contribution in [0.15, 0.2) is 14.5 Å². The van der Waals surface area contributed by atoms with Crippen molar-refractivity contribution in [3.05, 3.63) is 11.6 Å². The van der Waals surface area contributed by atoms with Crippen LogP contribution in [0.1, 0.15) is 5.56 Å². The highest BCUT2D eigenvalue weighted by atomic mass is 32.3. The van der Waals surface area contributed by atoms with Gasteiger partial charge in [-0.25, -0.2) is 13.6 Å². The third kappa shape index (κ3) is 6.53. The van der Waals surface area contributed by atoms with Gasteiger partial charge in [-0.1, -0.05) is 0 Å². The molecule has 9 heteroatoms. The zero-order valence-electron chi connectivity index (χ0n) is 11.5. The molecule has 0 fully saturated rings. The van der Waals surface area contributed by atoms with Crippen molar-refractivity contribution >= 4 is 33.1 Å². The lowest BCUT2D eigenvalue weighted by molar-refractivity contribution is -0.0609. The normalized spacial score (nSPS) is 11.9. The minimum Gasteiger partial charge on any atom is -0.382 e. The summed E-state index contributed by atoms with van der Waals surface area (Å²) < 4.78 is 38.8. The molecule has 0 atom stereocenters. The van der Waals surface area contributed by atoms with Crippen molar-refractivity contribution < 1.29 is 22.6 Å². The summed E-state index contributed by atoms with van der Waals surface area (Å²) in [5, 5.41) is 5.10. The van der Waals surface area contributed by atoms with E-state index in [1.54, 1.807) is 24.9 Å². The van der Waals surface area contributed by atoms with E-state index < -0.39 is 10.0 Å². The van der Waals surface area contributed by atoms with E-state index in [1.165, 1.54) is 11.3 Å². The molecule has 0 aliphatic carbocycles. The molecule has 0 amide bonds. The fraction of sp³-hybridized carbons (Fsp3) is 0.636. The molecule has 0 aliphatic rings. The van der Waals surface area contributed by atoms with E-state index in [1.807, 2.05) is 6.92 Å². The molecule has 2 N–H and O–H groups in total. The van der Waals surface area contributed by atoms with E-state index >= 15 is 0 Å². The van der Waals surface area contributed by atoms with E-state index in [-0.39, 0.29) is 11.0 Å². The highest BCUT2D eigenvalue weighted by Gasteiger charge is 2.14. The van der Waals surface area contributed by atoms with E-state index in [0.29, 0.717) is 19.8 Å². The predicted molar refractivity (Wildman–Crippen MR) is 79.8 cm³/mol. The van der Waals surface area contributed by atoms with Crippen LogP contribution in [-0.4, -0.2) is 47.9 Å². The number of thiophene rings is 1. The summed E-state index contributed by atoms with van der Waals surface area (Å²) in [6.45, 7) is 3.67. The number of aryl methyl sites for hydroxylation is 1. The van der Waals surface area contributed by atoms with Crippen LogP contribution in [0.2, 0.25) is 0 Å².